The average Bonchev–Trinajstić information content (AvgIpc) is 3.52. The third kappa shape index (κ3) is 5.47. The summed E-state index contributed by atoms with van der Waals surface area (Å²) in [6.07, 6.45) is 18.0. The predicted octanol–water partition coefficient (Wildman–Crippen LogP) is 6.32. The van der Waals surface area contributed by atoms with Crippen LogP contribution in [0.2, 0.25) is 0 Å². The average molecular weight is 545 g/mol. The van der Waals surface area contributed by atoms with E-state index in [4.69, 9.17) is 0 Å². The van der Waals surface area contributed by atoms with E-state index in [0.29, 0.717) is 16.9 Å². The number of carboxylic acids is 1. The van der Waals surface area contributed by atoms with Crippen LogP contribution in [0.3, 0.4) is 0 Å². The van der Waals surface area contributed by atoms with Crippen molar-refractivity contribution in [2.75, 3.05) is 33.7 Å². The van der Waals surface area contributed by atoms with E-state index < -0.39 is 12.0 Å². The molecule has 224 valence electrons. The van der Waals surface area contributed by atoms with Gasteiger partial charge in [-0.2, -0.15) is 0 Å². The Morgan fingerprint density at radius 1 is 1.03 bits per heavy atom. The van der Waals surface area contributed by atoms with Gasteiger partial charge in [-0.1, -0.05) is 40.5 Å². The van der Waals surface area contributed by atoms with Gasteiger partial charge in [-0.3, -0.25) is 10.1 Å². The second kappa shape index (κ2) is 11.6. The minimum atomic E-state index is -0.691. The second-order valence-electron chi connectivity index (χ2n) is 16.1. The van der Waals surface area contributed by atoms with Gasteiger partial charge in [0.1, 0.15) is 6.04 Å². The largest absolute Gasteiger partial charge is 0.480 e. The van der Waals surface area contributed by atoms with E-state index >= 15 is 0 Å². The molecule has 4 saturated carbocycles. The molecule has 5 rings (SSSR count). The quantitative estimate of drug-likeness (QED) is 0.222. The molecule has 0 amide bonds. The first-order chi connectivity index (χ1) is 18.5. The standard InChI is InChI=1S/C34H61N3O2/c1-7-9-23(2)27-12-13-28-26-11-10-24-22-25(14-17-33(24,3)29(26)15-18-34(27,28)4)35-19-8-21-37(5,6)30-16-20-36-31(30)32(38)39/h23-31,35-36H,7-22H2,1-6H3/p+1/t23-,24?,25?,26?,27-,28?,29?,30?,31+,33+,34-/m1/s1. The predicted molar refractivity (Wildman–Crippen MR) is 161 cm³/mol. The number of hydrogen-bond acceptors (Lipinski definition) is 3. The van der Waals surface area contributed by atoms with Crippen LogP contribution in [0.1, 0.15) is 111 Å². The first kappa shape index (κ1) is 29.8. The Morgan fingerprint density at radius 3 is 2.51 bits per heavy atom. The number of nitrogens with one attached hydrogen (secondary N) is 2. The summed E-state index contributed by atoms with van der Waals surface area (Å²) in [5, 5.41) is 16.8. The van der Waals surface area contributed by atoms with Crippen molar-refractivity contribution in [1.82, 2.24) is 10.6 Å². The molecular formula is C34H62N3O2+. The van der Waals surface area contributed by atoms with Crippen LogP contribution in [0.4, 0.5) is 0 Å². The minimum absolute atomic E-state index is 0.176. The van der Waals surface area contributed by atoms with Crippen molar-refractivity contribution in [3.05, 3.63) is 0 Å². The molecule has 0 radical (unpaired) electrons. The highest BCUT2D eigenvalue weighted by atomic mass is 16.4. The maximum Gasteiger partial charge on any atom is 0.326 e. The van der Waals surface area contributed by atoms with E-state index in [1.54, 1.807) is 0 Å². The maximum atomic E-state index is 11.7. The van der Waals surface area contributed by atoms with Gasteiger partial charge in [0, 0.05) is 32.0 Å². The summed E-state index contributed by atoms with van der Waals surface area (Å²) in [7, 11) is 4.45. The Balaban J connectivity index is 1.12. The normalized spacial score (nSPS) is 44.9. The molecule has 4 aliphatic carbocycles. The van der Waals surface area contributed by atoms with E-state index in [0.717, 1.165) is 72.5 Å². The van der Waals surface area contributed by atoms with Crippen LogP contribution >= 0.6 is 0 Å². The Kier molecular flexibility index (Phi) is 8.84. The lowest BCUT2D eigenvalue weighted by Crippen LogP contribution is -2.57. The van der Waals surface area contributed by atoms with Crippen molar-refractivity contribution >= 4 is 5.97 Å². The number of hydrogen-bond donors (Lipinski definition) is 3. The van der Waals surface area contributed by atoms with Crippen molar-refractivity contribution in [1.29, 1.82) is 0 Å². The van der Waals surface area contributed by atoms with E-state index in [1.165, 1.54) is 70.6 Å². The molecule has 1 saturated heterocycles. The zero-order chi connectivity index (χ0) is 28.0. The molecule has 6 unspecified atom stereocenters. The van der Waals surface area contributed by atoms with Crippen molar-refractivity contribution in [2.24, 2.45) is 46.3 Å². The Hall–Kier alpha value is -0.650. The van der Waals surface area contributed by atoms with Crippen LogP contribution in [-0.2, 0) is 4.79 Å². The summed E-state index contributed by atoms with van der Waals surface area (Å²) < 4.78 is 0.804. The molecule has 5 aliphatic rings. The molecule has 0 bridgehead atoms. The fourth-order valence-corrected chi connectivity index (χ4v) is 11.7. The fraction of sp³-hybridized carbons (Fsp3) is 0.971. The Morgan fingerprint density at radius 2 is 1.77 bits per heavy atom. The molecule has 1 heterocycles. The summed E-state index contributed by atoms with van der Waals surface area (Å²) in [6, 6.07) is 0.455. The first-order valence-electron chi connectivity index (χ1n) is 17.0. The van der Waals surface area contributed by atoms with Gasteiger partial charge in [0.25, 0.3) is 0 Å². The highest BCUT2D eigenvalue weighted by molar-refractivity contribution is 5.74. The third-order valence-electron chi connectivity index (χ3n) is 13.9. The molecule has 5 heteroatoms. The van der Waals surface area contributed by atoms with Gasteiger partial charge in [0.05, 0.1) is 20.6 Å². The summed E-state index contributed by atoms with van der Waals surface area (Å²) in [5.41, 5.74) is 1.18. The van der Waals surface area contributed by atoms with Gasteiger partial charge in [-0.05, 0) is 104 Å². The zero-order valence-electron chi connectivity index (χ0n) is 26.3. The summed E-state index contributed by atoms with van der Waals surface area (Å²) in [6.45, 7) is 13.3. The number of carboxylic acid groups (broad SMARTS) is 1. The van der Waals surface area contributed by atoms with Crippen LogP contribution in [0.25, 0.3) is 0 Å². The number of fused-ring (bicyclic) bond motifs is 5. The van der Waals surface area contributed by atoms with Crippen LogP contribution in [-0.4, -0.2) is 67.4 Å². The van der Waals surface area contributed by atoms with Gasteiger partial charge >= 0.3 is 5.97 Å². The van der Waals surface area contributed by atoms with E-state index in [-0.39, 0.29) is 6.04 Å². The lowest BCUT2D eigenvalue weighted by atomic mass is 9.44. The highest BCUT2D eigenvalue weighted by Gasteiger charge is 2.60. The van der Waals surface area contributed by atoms with Crippen LogP contribution < -0.4 is 10.6 Å². The maximum absolute atomic E-state index is 11.7. The van der Waals surface area contributed by atoms with Gasteiger partial charge in [0.2, 0.25) is 0 Å². The summed E-state index contributed by atoms with van der Waals surface area (Å²) in [4.78, 5) is 11.7. The van der Waals surface area contributed by atoms with Crippen LogP contribution in [0.15, 0.2) is 0 Å². The highest BCUT2D eigenvalue weighted by Crippen LogP contribution is 2.68. The number of likely N-dealkylation sites (N-methyl/N-ethyl adjacent to an activating group) is 1. The van der Waals surface area contributed by atoms with Gasteiger partial charge < -0.3 is 14.9 Å². The zero-order valence-corrected chi connectivity index (χ0v) is 26.3. The molecular weight excluding hydrogens is 482 g/mol. The van der Waals surface area contributed by atoms with Crippen molar-refractivity contribution < 1.29 is 14.4 Å². The molecule has 5 nitrogen and oxygen atoms in total. The number of nitrogens with zero attached hydrogens (tertiary/aromatic N) is 1. The van der Waals surface area contributed by atoms with Crippen LogP contribution in [0, 0.1) is 46.3 Å². The second-order valence-corrected chi connectivity index (χ2v) is 16.1. The third-order valence-corrected chi connectivity index (χ3v) is 13.9. The number of rotatable bonds is 10. The van der Waals surface area contributed by atoms with Crippen molar-refractivity contribution in [3.63, 3.8) is 0 Å². The van der Waals surface area contributed by atoms with E-state index in [2.05, 4.69) is 52.4 Å². The molecule has 11 atom stereocenters. The molecule has 0 aromatic rings. The Labute approximate surface area is 240 Å². The SMILES string of the molecule is CCC[C@@H](C)[C@H]1CCC2C3CCC4CC(NCCC[N+](C)(C)C5CCN[C@@H]5C(=O)O)CC[C@]4(C)C3CC[C@@]21C. The topological polar surface area (TPSA) is 61.4 Å². The number of quaternary nitrogens is 1. The van der Waals surface area contributed by atoms with Gasteiger partial charge in [0.15, 0.2) is 6.04 Å². The smallest absolute Gasteiger partial charge is 0.326 e. The summed E-state index contributed by atoms with van der Waals surface area (Å²) in [5.74, 6) is 5.04. The first-order valence-corrected chi connectivity index (χ1v) is 17.0. The van der Waals surface area contributed by atoms with Gasteiger partial charge in [-0.15, -0.1) is 0 Å². The summed E-state index contributed by atoms with van der Waals surface area (Å²) >= 11 is 0. The number of aliphatic carboxylic acids is 1. The number of carbonyl (C=O) groups is 1. The fourth-order valence-electron chi connectivity index (χ4n) is 11.7. The van der Waals surface area contributed by atoms with E-state index in [1.807, 2.05) is 0 Å². The molecule has 0 aromatic carbocycles. The molecule has 1 aliphatic heterocycles. The van der Waals surface area contributed by atoms with Gasteiger partial charge in [-0.25, -0.2) is 0 Å². The van der Waals surface area contributed by atoms with Crippen molar-refractivity contribution in [3.8, 4) is 0 Å². The molecule has 0 aromatic heterocycles. The lowest BCUT2D eigenvalue weighted by molar-refractivity contribution is -0.914. The van der Waals surface area contributed by atoms with Crippen molar-refractivity contribution in [2.45, 2.75) is 129 Å². The molecule has 5 fully saturated rings. The van der Waals surface area contributed by atoms with Crippen LogP contribution in [0.5, 0.6) is 0 Å². The van der Waals surface area contributed by atoms with E-state index in [9.17, 15) is 9.90 Å². The minimum Gasteiger partial charge on any atom is -0.480 e. The molecule has 39 heavy (non-hydrogen) atoms. The molecule has 0 spiro atoms. The Bertz CT molecular complexity index is 861. The lowest BCUT2D eigenvalue weighted by Gasteiger charge is -2.61. The molecule has 3 N–H and O–H groups in total. The monoisotopic (exact) mass is 544 g/mol.